The van der Waals surface area contributed by atoms with E-state index in [2.05, 4.69) is 20.4 Å². The average Bonchev–Trinajstić information content (AvgIpc) is 2.73. The second kappa shape index (κ2) is 5.14. The summed E-state index contributed by atoms with van der Waals surface area (Å²) in [6, 6.07) is 8.09. The first kappa shape index (κ1) is 11.9. The molecule has 2 aromatic rings. The Labute approximate surface area is 103 Å². The third-order valence-corrected chi connectivity index (χ3v) is 3.70. The number of aryl methyl sites for hydroxylation is 1. The van der Waals surface area contributed by atoms with E-state index >= 15 is 0 Å². The Morgan fingerprint density at radius 1 is 1.47 bits per heavy atom. The number of fused-ring (bicyclic) bond motifs is 1. The number of para-hydroxylation sites is 1. The van der Waals surface area contributed by atoms with Crippen LogP contribution in [0.1, 0.15) is 6.42 Å². The van der Waals surface area contributed by atoms with E-state index in [9.17, 15) is 4.79 Å². The minimum absolute atomic E-state index is 0.199. The number of esters is 1. The molecule has 5 heteroatoms. The number of carbonyl (C=O) groups is 1. The van der Waals surface area contributed by atoms with Gasteiger partial charge in [0, 0.05) is 13.6 Å². The molecule has 4 nitrogen and oxygen atoms in total. The van der Waals surface area contributed by atoms with Gasteiger partial charge in [-0.25, -0.2) is 0 Å². The van der Waals surface area contributed by atoms with E-state index in [1.165, 1.54) is 11.8 Å². The lowest BCUT2D eigenvalue weighted by Crippen LogP contribution is -2.17. The van der Waals surface area contributed by atoms with Gasteiger partial charge in [0.15, 0.2) is 4.80 Å². The molecule has 0 saturated carbocycles. The summed E-state index contributed by atoms with van der Waals surface area (Å²) in [5.74, 6) is -0.199. The fourth-order valence-electron chi connectivity index (χ4n) is 1.71. The molecule has 0 N–H and O–H groups in total. The van der Waals surface area contributed by atoms with Crippen molar-refractivity contribution in [1.82, 2.24) is 4.57 Å². The second-order valence-electron chi connectivity index (χ2n) is 3.55. The zero-order valence-electron chi connectivity index (χ0n) is 9.84. The van der Waals surface area contributed by atoms with Crippen molar-refractivity contribution in [2.24, 2.45) is 4.99 Å². The van der Waals surface area contributed by atoms with Gasteiger partial charge in [0.05, 0.1) is 23.7 Å². The summed E-state index contributed by atoms with van der Waals surface area (Å²) in [7, 11) is 3.17. The van der Waals surface area contributed by atoms with Crippen LogP contribution in [0.4, 0.5) is 0 Å². The van der Waals surface area contributed by atoms with E-state index in [4.69, 9.17) is 0 Å². The molecule has 0 unspecified atom stereocenters. The Hall–Kier alpha value is -1.62. The van der Waals surface area contributed by atoms with Gasteiger partial charge >= 0.3 is 5.97 Å². The van der Waals surface area contributed by atoms with Gasteiger partial charge < -0.3 is 9.30 Å². The van der Waals surface area contributed by atoms with E-state index < -0.39 is 0 Å². The quantitative estimate of drug-likeness (QED) is 0.780. The van der Waals surface area contributed by atoms with Gasteiger partial charge in [-0.05, 0) is 12.1 Å². The largest absolute Gasteiger partial charge is 0.469 e. The number of aromatic nitrogens is 1. The van der Waals surface area contributed by atoms with E-state index in [1.807, 2.05) is 18.2 Å². The van der Waals surface area contributed by atoms with E-state index in [-0.39, 0.29) is 5.97 Å². The predicted octanol–water partition coefficient (Wildman–Crippen LogP) is 1.80. The van der Waals surface area contributed by atoms with Crippen LogP contribution in [-0.4, -0.2) is 24.7 Å². The lowest BCUT2D eigenvalue weighted by atomic mass is 10.3. The molecular weight excluding hydrogens is 236 g/mol. The van der Waals surface area contributed by atoms with Crippen LogP contribution in [0.25, 0.3) is 10.2 Å². The molecule has 0 radical (unpaired) electrons. The first-order valence-electron chi connectivity index (χ1n) is 5.34. The maximum absolute atomic E-state index is 11.2. The maximum atomic E-state index is 11.2. The van der Waals surface area contributed by atoms with Crippen LogP contribution in [0.2, 0.25) is 0 Å². The number of thiazole rings is 1. The molecule has 90 valence electrons. The standard InChI is InChI=1S/C12H14N2O2S/c1-13-12-14(8-7-11(15)16-2)9-5-3-4-6-10(9)17-12/h3-6H,7-8H2,1-2H3. The van der Waals surface area contributed by atoms with Crippen molar-refractivity contribution in [3.63, 3.8) is 0 Å². The molecule has 2 rings (SSSR count). The highest BCUT2D eigenvalue weighted by molar-refractivity contribution is 7.16. The average molecular weight is 250 g/mol. The van der Waals surface area contributed by atoms with Gasteiger partial charge in [0.25, 0.3) is 0 Å². The summed E-state index contributed by atoms with van der Waals surface area (Å²) in [5, 5.41) is 0. The summed E-state index contributed by atoms with van der Waals surface area (Å²) in [6.07, 6.45) is 0.365. The van der Waals surface area contributed by atoms with Gasteiger partial charge in [-0.3, -0.25) is 9.79 Å². The topological polar surface area (TPSA) is 43.6 Å². The molecule has 0 aliphatic carbocycles. The van der Waals surface area contributed by atoms with Crippen LogP contribution >= 0.6 is 11.3 Å². The minimum Gasteiger partial charge on any atom is -0.469 e. The lowest BCUT2D eigenvalue weighted by Gasteiger charge is -2.03. The van der Waals surface area contributed by atoms with Crippen molar-refractivity contribution in [3.05, 3.63) is 29.1 Å². The van der Waals surface area contributed by atoms with E-state index in [1.54, 1.807) is 18.4 Å². The van der Waals surface area contributed by atoms with E-state index in [0.29, 0.717) is 13.0 Å². The number of benzene rings is 1. The van der Waals surface area contributed by atoms with Crippen molar-refractivity contribution in [2.75, 3.05) is 14.2 Å². The van der Waals surface area contributed by atoms with Crippen LogP contribution in [-0.2, 0) is 16.1 Å². The number of rotatable bonds is 3. The molecule has 17 heavy (non-hydrogen) atoms. The molecule has 0 saturated heterocycles. The van der Waals surface area contributed by atoms with Gasteiger partial charge in [-0.1, -0.05) is 23.5 Å². The van der Waals surface area contributed by atoms with Crippen LogP contribution < -0.4 is 4.80 Å². The fourth-order valence-corrected chi connectivity index (χ4v) is 2.73. The molecule has 0 aliphatic rings. The van der Waals surface area contributed by atoms with Crippen molar-refractivity contribution in [3.8, 4) is 0 Å². The third-order valence-electron chi connectivity index (χ3n) is 2.55. The van der Waals surface area contributed by atoms with Gasteiger partial charge in [-0.2, -0.15) is 0 Å². The molecule has 0 bridgehead atoms. The summed E-state index contributed by atoms with van der Waals surface area (Å²) in [4.78, 5) is 16.3. The first-order chi connectivity index (χ1) is 8.26. The number of hydrogen-bond acceptors (Lipinski definition) is 4. The molecule has 0 spiro atoms. The zero-order chi connectivity index (χ0) is 12.3. The van der Waals surface area contributed by atoms with E-state index in [0.717, 1.165) is 10.3 Å². The summed E-state index contributed by atoms with van der Waals surface area (Å²) >= 11 is 1.63. The number of ether oxygens (including phenoxy) is 1. The number of nitrogens with zero attached hydrogens (tertiary/aromatic N) is 2. The van der Waals surface area contributed by atoms with Gasteiger partial charge in [0.1, 0.15) is 0 Å². The highest BCUT2D eigenvalue weighted by Crippen LogP contribution is 2.16. The summed E-state index contributed by atoms with van der Waals surface area (Å²) in [6.45, 7) is 0.601. The SMILES string of the molecule is CN=c1sc2ccccc2n1CCC(=O)OC. The smallest absolute Gasteiger partial charge is 0.307 e. The first-order valence-corrected chi connectivity index (χ1v) is 6.16. The van der Waals surface area contributed by atoms with Crippen LogP contribution in [0, 0.1) is 0 Å². The molecule has 1 heterocycles. The lowest BCUT2D eigenvalue weighted by molar-refractivity contribution is -0.140. The van der Waals surface area contributed by atoms with Gasteiger partial charge in [-0.15, -0.1) is 0 Å². The Morgan fingerprint density at radius 3 is 2.94 bits per heavy atom. The Morgan fingerprint density at radius 2 is 2.24 bits per heavy atom. The highest BCUT2D eigenvalue weighted by Gasteiger charge is 2.07. The van der Waals surface area contributed by atoms with Crippen molar-refractivity contribution in [1.29, 1.82) is 0 Å². The maximum Gasteiger partial charge on any atom is 0.307 e. The Kier molecular flexibility index (Phi) is 3.58. The number of carbonyl (C=O) groups excluding carboxylic acids is 1. The summed E-state index contributed by atoms with van der Waals surface area (Å²) in [5.41, 5.74) is 1.11. The molecule has 0 atom stereocenters. The summed E-state index contributed by atoms with van der Waals surface area (Å²) < 4.78 is 7.89. The van der Waals surface area contributed by atoms with Crippen LogP contribution in [0.5, 0.6) is 0 Å². The Balaban J connectivity index is 2.41. The molecule has 0 amide bonds. The third kappa shape index (κ3) is 2.39. The second-order valence-corrected chi connectivity index (χ2v) is 4.56. The molecule has 0 aliphatic heterocycles. The molecule has 1 aromatic carbocycles. The molecule has 1 aromatic heterocycles. The monoisotopic (exact) mass is 250 g/mol. The highest BCUT2D eigenvalue weighted by atomic mass is 32.1. The minimum atomic E-state index is -0.199. The number of methoxy groups -OCH3 is 1. The molecular formula is C12H14N2O2S. The normalized spacial score (nSPS) is 12.0. The Bertz CT molecular complexity index is 598. The fraction of sp³-hybridized carbons (Fsp3) is 0.333. The predicted molar refractivity (Wildman–Crippen MR) is 67.9 cm³/mol. The molecule has 0 fully saturated rings. The van der Waals surface area contributed by atoms with Crippen LogP contribution in [0.3, 0.4) is 0 Å². The van der Waals surface area contributed by atoms with Crippen molar-refractivity contribution < 1.29 is 9.53 Å². The number of hydrogen-bond donors (Lipinski definition) is 0. The van der Waals surface area contributed by atoms with Crippen molar-refractivity contribution >= 4 is 27.5 Å². The van der Waals surface area contributed by atoms with Crippen LogP contribution in [0.15, 0.2) is 29.3 Å². The zero-order valence-corrected chi connectivity index (χ0v) is 10.7. The van der Waals surface area contributed by atoms with Gasteiger partial charge in [0.2, 0.25) is 0 Å². The van der Waals surface area contributed by atoms with Crippen molar-refractivity contribution in [2.45, 2.75) is 13.0 Å².